The van der Waals surface area contributed by atoms with E-state index >= 15 is 0 Å². The van der Waals surface area contributed by atoms with Crippen molar-refractivity contribution in [1.29, 1.82) is 0 Å². The molecule has 0 bridgehead atoms. The van der Waals surface area contributed by atoms with Crippen LogP contribution in [0.5, 0.6) is 0 Å². The van der Waals surface area contributed by atoms with Crippen LogP contribution in [0, 0.1) is 23.7 Å². The Morgan fingerprint density at radius 1 is 0.392 bits per heavy atom. The second-order valence-corrected chi connectivity index (χ2v) is 18.2. The van der Waals surface area contributed by atoms with Crippen LogP contribution in [-0.4, -0.2) is 27.6 Å². The second kappa shape index (κ2) is 23.8. The highest BCUT2D eigenvalue weighted by Crippen LogP contribution is 2.47. The average Bonchev–Trinajstić information content (AvgIpc) is 3.15. The minimum Gasteiger partial charge on any atom is -0.429 e. The first-order valence-corrected chi connectivity index (χ1v) is 23.2. The summed E-state index contributed by atoms with van der Waals surface area (Å²) >= 11 is 0. The van der Waals surface area contributed by atoms with Crippen LogP contribution in [-0.2, 0) is 9.53 Å². The van der Waals surface area contributed by atoms with E-state index in [0.29, 0.717) is 5.57 Å². The number of carbonyl (C=O) groups excluding carboxylic acids is 1. The first-order chi connectivity index (χ1) is 24.9. The van der Waals surface area contributed by atoms with E-state index in [9.17, 15) is 15.0 Å². The standard InChI is InChI=1S/C47H84O4/c1-39(40(2)46(49,41-31-23-15-7-3-8-16-24-32-41)42-33-25-17-9-4-10-18-26-34-42)45(48)51-47(50,43-35-27-19-11-5-12-20-28-36-43)44-37-29-21-13-6-14-22-30-38-44/h41-44,49-50H,3-38H2,1-2H3. The predicted octanol–water partition coefficient (Wildman–Crippen LogP) is 13.8. The van der Waals surface area contributed by atoms with E-state index in [0.717, 1.165) is 82.6 Å². The molecule has 51 heavy (non-hydrogen) atoms. The lowest BCUT2D eigenvalue weighted by Crippen LogP contribution is -2.50. The number of ether oxygens (including phenoxy) is 1. The van der Waals surface area contributed by atoms with Crippen LogP contribution in [0.15, 0.2) is 11.1 Å². The third kappa shape index (κ3) is 13.4. The molecule has 4 nitrogen and oxygen atoms in total. The number of rotatable bonds is 7. The lowest BCUT2D eigenvalue weighted by atomic mass is 9.64. The fraction of sp³-hybridized carbons (Fsp3) is 0.936. The molecular formula is C47H84O4. The third-order valence-electron chi connectivity index (χ3n) is 14.6. The molecule has 4 saturated carbocycles. The highest BCUT2D eigenvalue weighted by molar-refractivity contribution is 5.89. The number of carbonyl (C=O) groups is 1. The summed E-state index contributed by atoms with van der Waals surface area (Å²) in [6, 6.07) is 0. The van der Waals surface area contributed by atoms with E-state index in [-0.39, 0.29) is 29.6 Å². The fourth-order valence-electron chi connectivity index (χ4n) is 11.1. The quantitative estimate of drug-likeness (QED) is 0.157. The van der Waals surface area contributed by atoms with Gasteiger partial charge < -0.3 is 14.9 Å². The molecule has 296 valence electrons. The monoisotopic (exact) mass is 713 g/mol. The van der Waals surface area contributed by atoms with Gasteiger partial charge in [-0.3, -0.25) is 0 Å². The van der Waals surface area contributed by atoms with Gasteiger partial charge in [0.05, 0.1) is 5.60 Å². The van der Waals surface area contributed by atoms with Crippen molar-refractivity contribution >= 4 is 5.97 Å². The lowest BCUT2D eigenvalue weighted by Gasteiger charge is -2.46. The van der Waals surface area contributed by atoms with Crippen molar-refractivity contribution in [2.75, 3.05) is 0 Å². The Balaban J connectivity index is 1.70. The van der Waals surface area contributed by atoms with Gasteiger partial charge in [-0.05, 0) is 82.6 Å². The molecule has 0 saturated heterocycles. The van der Waals surface area contributed by atoms with E-state index < -0.39 is 11.4 Å². The number of aliphatic hydroxyl groups is 2. The minimum atomic E-state index is -1.44. The largest absolute Gasteiger partial charge is 0.429 e. The Morgan fingerprint density at radius 2 is 0.608 bits per heavy atom. The molecule has 0 heterocycles. The molecule has 0 unspecified atom stereocenters. The van der Waals surface area contributed by atoms with Crippen LogP contribution in [0.25, 0.3) is 0 Å². The maximum Gasteiger partial charge on any atom is 0.336 e. The molecule has 4 fully saturated rings. The molecular weight excluding hydrogens is 629 g/mol. The molecule has 4 heteroatoms. The Kier molecular flexibility index (Phi) is 20.0. The van der Waals surface area contributed by atoms with Crippen molar-refractivity contribution in [2.24, 2.45) is 23.7 Å². The lowest BCUT2D eigenvalue weighted by molar-refractivity contribution is -0.260. The zero-order valence-electron chi connectivity index (χ0n) is 34.0. The Labute approximate surface area is 316 Å². The number of hydrogen-bond donors (Lipinski definition) is 2. The summed E-state index contributed by atoms with van der Waals surface area (Å²) in [6.45, 7) is 4.02. The SMILES string of the molecule is CC(C(=O)OC(O)(C1CCCCCCCCC1)C1CCCCCCCCC1)=C(C)C(O)(C1CCCCCCCCC1)C1CCCCCCCCC1. The fourth-order valence-corrected chi connectivity index (χ4v) is 11.1. The van der Waals surface area contributed by atoms with Gasteiger partial charge in [-0.1, -0.05) is 180 Å². The Bertz CT molecular complexity index is 893. The molecule has 0 radical (unpaired) electrons. The normalized spacial score (nSPS) is 25.3. The van der Waals surface area contributed by atoms with Crippen LogP contribution < -0.4 is 0 Å². The maximum atomic E-state index is 14.7. The topological polar surface area (TPSA) is 66.8 Å². The molecule has 0 atom stereocenters. The summed E-state index contributed by atoms with van der Waals surface area (Å²) in [4.78, 5) is 14.7. The van der Waals surface area contributed by atoms with Gasteiger partial charge in [0.25, 0.3) is 0 Å². The molecule has 4 aliphatic rings. The van der Waals surface area contributed by atoms with Gasteiger partial charge in [0.15, 0.2) is 0 Å². The molecule has 0 spiro atoms. The number of hydrogen-bond acceptors (Lipinski definition) is 4. The summed E-state index contributed by atoms with van der Waals surface area (Å²) in [6.07, 6.45) is 42.5. The van der Waals surface area contributed by atoms with Crippen molar-refractivity contribution in [3.63, 3.8) is 0 Å². The van der Waals surface area contributed by atoms with Gasteiger partial charge in [-0.25, -0.2) is 4.79 Å². The van der Waals surface area contributed by atoms with Crippen LogP contribution >= 0.6 is 0 Å². The van der Waals surface area contributed by atoms with Crippen LogP contribution in [0.1, 0.15) is 245 Å². The molecule has 0 aliphatic heterocycles. The molecule has 0 aromatic heterocycles. The smallest absolute Gasteiger partial charge is 0.336 e. The van der Waals surface area contributed by atoms with E-state index in [2.05, 4.69) is 6.92 Å². The van der Waals surface area contributed by atoms with Gasteiger partial charge >= 0.3 is 5.97 Å². The van der Waals surface area contributed by atoms with Gasteiger partial charge in [0.2, 0.25) is 5.79 Å². The number of esters is 1. The Morgan fingerprint density at radius 3 is 0.863 bits per heavy atom. The second-order valence-electron chi connectivity index (χ2n) is 18.2. The summed E-state index contributed by atoms with van der Waals surface area (Å²) in [5, 5.41) is 26.5. The Hall–Kier alpha value is -0.870. The molecule has 0 aromatic rings. The zero-order valence-corrected chi connectivity index (χ0v) is 34.0. The van der Waals surface area contributed by atoms with Crippen molar-refractivity contribution in [1.82, 2.24) is 0 Å². The first-order valence-electron chi connectivity index (χ1n) is 23.2. The highest BCUT2D eigenvalue weighted by atomic mass is 16.7. The van der Waals surface area contributed by atoms with E-state index in [1.54, 1.807) is 0 Å². The van der Waals surface area contributed by atoms with Gasteiger partial charge in [-0.15, -0.1) is 0 Å². The molecule has 2 N–H and O–H groups in total. The predicted molar refractivity (Wildman–Crippen MR) is 215 cm³/mol. The van der Waals surface area contributed by atoms with Crippen LogP contribution in [0.3, 0.4) is 0 Å². The van der Waals surface area contributed by atoms with E-state index in [4.69, 9.17) is 4.74 Å². The van der Waals surface area contributed by atoms with Gasteiger partial charge in [0, 0.05) is 17.4 Å². The molecule has 0 aromatic carbocycles. The maximum absolute atomic E-state index is 14.7. The first kappa shape index (κ1) is 42.9. The highest BCUT2D eigenvalue weighted by Gasteiger charge is 2.49. The minimum absolute atomic E-state index is 0.0175. The van der Waals surface area contributed by atoms with Gasteiger partial charge in [-0.2, -0.15) is 0 Å². The van der Waals surface area contributed by atoms with Gasteiger partial charge in [0.1, 0.15) is 0 Å². The average molecular weight is 713 g/mol. The van der Waals surface area contributed by atoms with Crippen molar-refractivity contribution in [3.05, 3.63) is 11.1 Å². The summed E-state index contributed by atoms with van der Waals surface area (Å²) in [7, 11) is 0. The van der Waals surface area contributed by atoms with Crippen molar-refractivity contribution < 1.29 is 19.7 Å². The van der Waals surface area contributed by atoms with E-state index in [1.165, 1.54) is 154 Å². The third-order valence-corrected chi connectivity index (χ3v) is 14.6. The zero-order chi connectivity index (χ0) is 36.2. The summed E-state index contributed by atoms with van der Waals surface area (Å²) < 4.78 is 6.72. The van der Waals surface area contributed by atoms with E-state index in [1.807, 2.05) is 6.92 Å². The van der Waals surface area contributed by atoms with Crippen molar-refractivity contribution in [2.45, 2.75) is 256 Å². The molecule has 4 rings (SSSR count). The molecule has 4 aliphatic carbocycles. The van der Waals surface area contributed by atoms with Crippen molar-refractivity contribution in [3.8, 4) is 0 Å². The summed E-state index contributed by atoms with van der Waals surface area (Å²) in [5.41, 5.74) is 0.424. The summed E-state index contributed by atoms with van der Waals surface area (Å²) in [5.74, 6) is -1.50. The molecule has 0 amide bonds. The van der Waals surface area contributed by atoms with Crippen LogP contribution in [0.4, 0.5) is 0 Å². The van der Waals surface area contributed by atoms with Crippen LogP contribution in [0.2, 0.25) is 0 Å².